The van der Waals surface area contributed by atoms with Crippen molar-refractivity contribution < 1.29 is 32.1 Å². The molecule has 8 nitrogen and oxygen atoms in total. The average molecular weight is 440 g/mol. The number of imide groups is 1. The van der Waals surface area contributed by atoms with E-state index in [0.717, 1.165) is 28.8 Å². The summed E-state index contributed by atoms with van der Waals surface area (Å²) in [6.07, 6.45) is -4.61. The molecule has 0 fully saturated rings. The molecule has 1 aromatic carbocycles. The molecule has 4 amide bonds. The smallest absolute Gasteiger partial charge is 0.325 e. The lowest BCUT2D eigenvalue weighted by atomic mass is 10.1. The number of para-hydroxylation sites is 1. The molecule has 1 atom stereocenters. The van der Waals surface area contributed by atoms with Crippen molar-refractivity contribution in [1.82, 2.24) is 4.90 Å². The van der Waals surface area contributed by atoms with Crippen LogP contribution in [0.15, 0.2) is 34.3 Å². The minimum Gasteiger partial charge on any atom is -0.325 e. The van der Waals surface area contributed by atoms with Crippen LogP contribution in [0.4, 0.5) is 23.7 Å². The zero-order chi connectivity index (χ0) is 22.2. The van der Waals surface area contributed by atoms with Crippen LogP contribution in [0.25, 0.3) is 0 Å². The summed E-state index contributed by atoms with van der Waals surface area (Å²) in [6, 6.07) is 4.10. The Bertz CT molecular complexity index is 1030. The van der Waals surface area contributed by atoms with Gasteiger partial charge >= 0.3 is 18.1 Å². The van der Waals surface area contributed by atoms with E-state index < -0.39 is 35.5 Å². The molecule has 2 heterocycles. The first-order valence-corrected chi connectivity index (χ1v) is 9.64. The van der Waals surface area contributed by atoms with E-state index in [-0.39, 0.29) is 22.3 Å². The predicted molar refractivity (Wildman–Crippen MR) is 106 cm³/mol. The van der Waals surface area contributed by atoms with Gasteiger partial charge in [-0.1, -0.05) is 28.9 Å². The van der Waals surface area contributed by atoms with Crippen LogP contribution in [0, 0.1) is 5.92 Å². The van der Waals surface area contributed by atoms with E-state index in [4.69, 9.17) is 0 Å². The summed E-state index contributed by atoms with van der Waals surface area (Å²) >= 11 is 0.906. The highest BCUT2D eigenvalue weighted by molar-refractivity contribution is 8.14. The molecule has 158 valence electrons. The molecule has 2 aliphatic heterocycles. The van der Waals surface area contributed by atoms with E-state index in [1.54, 1.807) is 6.92 Å². The number of anilines is 1. The van der Waals surface area contributed by atoms with Crippen LogP contribution in [0.5, 0.6) is 0 Å². The number of halogens is 3. The monoisotopic (exact) mass is 440 g/mol. The normalized spacial score (nSPS) is 19.4. The van der Waals surface area contributed by atoms with Crippen LogP contribution in [-0.2, 0) is 15.8 Å². The second-order valence-corrected chi connectivity index (χ2v) is 7.51. The number of carbonyl (C=O) groups excluding carboxylic acids is 3. The van der Waals surface area contributed by atoms with Crippen molar-refractivity contribution in [2.24, 2.45) is 15.9 Å². The number of fused-ring (bicyclic) bond motifs is 1. The van der Waals surface area contributed by atoms with Gasteiger partial charge < -0.3 is 5.32 Å². The first kappa shape index (κ1) is 21.7. The Morgan fingerprint density at radius 3 is 2.60 bits per heavy atom. The number of aliphatic imine (C=N–C) groups is 2. The maximum absolute atomic E-state index is 13.1. The lowest BCUT2D eigenvalue weighted by molar-refractivity contribution is -0.407. The average Bonchev–Trinajstić information content (AvgIpc) is 2.68. The third-order valence-corrected chi connectivity index (χ3v) is 5.44. The molecule has 0 saturated carbocycles. The van der Waals surface area contributed by atoms with Gasteiger partial charge in [0.05, 0.1) is 31.1 Å². The van der Waals surface area contributed by atoms with Gasteiger partial charge in [0, 0.05) is 6.92 Å². The number of amidine groups is 2. The molecule has 1 unspecified atom stereocenters. The number of carbonyl (C=O) groups is 3. The SMILES string of the molecule is CC1=NC2=[N+](C)C(=O)N(C)C(=O)C2C(SCC(=O)Nc2ccccc2C(F)(F)F)=N1. The molecule has 12 heteroatoms. The molecule has 0 radical (unpaired) electrons. The Balaban J connectivity index is 1.78. The highest BCUT2D eigenvalue weighted by Gasteiger charge is 2.48. The minimum atomic E-state index is -4.61. The van der Waals surface area contributed by atoms with Gasteiger partial charge in [-0.2, -0.15) is 22.6 Å². The second kappa shape index (κ2) is 8.01. The summed E-state index contributed by atoms with van der Waals surface area (Å²) in [5.74, 6) is -1.98. The fourth-order valence-corrected chi connectivity index (χ4v) is 3.89. The van der Waals surface area contributed by atoms with Crippen LogP contribution in [0.2, 0.25) is 0 Å². The summed E-state index contributed by atoms with van der Waals surface area (Å²) < 4.78 is 40.5. The molecule has 0 spiro atoms. The summed E-state index contributed by atoms with van der Waals surface area (Å²) in [7, 11) is 2.80. The highest BCUT2D eigenvalue weighted by Crippen LogP contribution is 2.34. The van der Waals surface area contributed by atoms with Crippen molar-refractivity contribution in [3.05, 3.63) is 29.8 Å². The second-order valence-electron chi connectivity index (χ2n) is 6.52. The van der Waals surface area contributed by atoms with Gasteiger partial charge in [0.15, 0.2) is 5.92 Å². The number of benzene rings is 1. The molecule has 0 aromatic heterocycles. The molecule has 0 saturated heterocycles. The van der Waals surface area contributed by atoms with Crippen molar-refractivity contribution >= 4 is 52.0 Å². The maximum Gasteiger partial charge on any atom is 0.445 e. The molecule has 3 rings (SSSR count). The Kier molecular flexibility index (Phi) is 5.79. The van der Waals surface area contributed by atoms with Crippen LogP contribution in [-0.4, -0.2) is 63.9 Å². The van der Waals surface area contributed by atoms with Crippen LogP contribution in [0.1, 0.15) is 12.5 Å². The van der Waals surface area contributed by atoms with Crippen LogP contribution >= 0.6 is 11.8 Å². The quantitative estimate of drug-likeness (QED) is 0.731. The number of nitrogens with zero attached hydrogens (tertiary/aromatic N) is 4. The van der Waals surface area contributed by atoms with Gasteiger partial charge in [-0.25, -0.2) is 9.79 Å². The van der Waals surface area contributed by atoms with E-state index in [9.17, 15) is 27.6 Å². The fourth-order valence-electron chi connectivity index (χ4n) is 2.97. The number of thioether (sulfide) groups is 1. The molecule has 1 aromatic rings. The standard InChI is InChI=1S/C18H16F3N5O3S/c1-9-22-14-13(16(28)26(3)17(29)25(14)2)15(23-9)30-8-12(27)24-11-7-5-4-6-10(11)18(19,20)21/h4-7,13H,8H2,1-3H3/p+1. The number of hydrogen-bond acceptors (Lipinski definition) is 6. The first-order valence-electron chi connectivity index (χ1n) is 8.65. The number of nitrogens with one attached hydrogen (secondary N) is 1. The van der Waals surface area contributed by atoms with E-state index in [1.807, 2.05) is 0 Å². The van der Waals surface area contributed by atoms with Crippen LogP contribution in [0.3, 0.4) is 0 Å². The molecule has 30 heavy (non-hydrogen) atoms. The van der Waals surface area contributed by atoms with E-state index in [1.165, 1.54) is 30.8 Å². The maximum atomic E-state index is 13.1. The number of alkyl halides is 3. The van der Waals surface area contributed by atoms with Crippen molar-refractivity contribution in [2.75, 3.05) is 25.2 Å². The van der Waals surface area contributed by atoms with E-state index in [0.29, 0.717) is 5.84 Å². The third kappa shape index (κ3) is 4.13. The summed E-state index contributed by atoms with van der Waals surface area (Å²) in [5, 5.41) is 2.49. The third-order valence-electron chi connectivity index (χ3n) is 4.41. The number of amides is 4. The Hall–Kier alpha value is -3.02. The summed E-state index contributed by atoms with van der Waals surface area (Å²) in [6.45, 7) is 1.57. The lowest BCUT2D eigenvalue weighted by Crippen LogP contribution is -2.54. The van der Waals surface area contributed by atoms with Crippen molar-refractivity contribution in [3.63, 3.8) is 0 Å². The number of urea groups is 1. The molecular weight excluding hydrogens is 423 g/mol. The topological polar surface area (TPSA) is 94.2 Å². The highest BCUT2D eigenvalue weighted by atomic mass is 32.2. The zero-order valence-electron chi connectivity index (χ0n) is 16.1. The minimum absolute atomic E-state index is 0.195. The molecular formula is C18H17F3N5O3S+. The largest absolute Gasteiger partial charge is 0.445 e. The summed E-state index contributed by atoms with van der Waals surface area (Å²) in [5.41, 5.74) is -1.31. The Labute approximate surface area is 173 Å². The Morgan fingerprint density at radius 1 is 1.27 bits per heavy atom. The van der Waals surface area contributed by atoms with Crippen molar-refractivity contribution in [3.8, 4) is 0 Å². The Morgan fingerprint density at radius 2 is 1.93 bits per heavy atom. The van der Waals surface area contributed by atoms with Crippen molar-refractivity contribution in [1.29, 1.82) is 0 Å². The fraction of sp³-hybridized carbons (Fsp3) is 0.333. The van der Waals surface area contributed by atoms with E-state index >= 15 is 0 Å². The van der Waals surface area contributed by atoms with Gasteiger partial charge in [-0.05, 0) is 12.1 Å². The number of hydrogen-bond donors (Lipinski definition) is 1. The van der Waals surface area contributed by atoms with Crippen LogP contribution < -0.4 is 5.32 Å². The number of rotatable bonds is 3. The van der Waals surface area contributed by atoms with Crippen molar-refractivity contribution in [2.45, 2.75) is 13.1 Å². The lowest BCUT2D eigenvalue weighted by Gasteiger charge is -2.26. The van der Waals surface area contributed by atoms with Gasteiger partial charge in [0.1, 0.15) is 5.04 Å². The van der Waals surface area contributed by atoms with Gasteiger partial charge in [-0.3, -0.25) is 9.59 Å². The molecule has 2 aliphatic rings. The molecule has 0 bridgehead atoms. The first-order chi connectivity index (χ1) is 14.0. The van der Waals surface area contributed by atoms with Gasteiger partial charge in [0.2, 0.25) is 11.7 Å². The summed E-state index contributed by atoms with van der Waals surface area (Å²) in [4.78, 5) is 46.3. The zero-order valence-corrected chi connectivity index (χ0v) is 17.0. The van der Waals surface area contributed by atoms with Gasteiger partial charge in [0.25, 0.3) is 5.84 Å². The van der Waals surface area contributed by atoms with Gasteiger partial charge in [-0.15, -0.1) is 0 Å². The molecule has 0 aliphatic carbocycles. The molecule has 1 N–H and O–H groups in total. The predicted octanol–water partition coefficient (Wildman–Crippen LogP) is 2.46. The van der Waals surface area contributed by atoms with E-state index in [2.05, 4.69) is 15.3 Å².